The van der Waals surface area contributed by atoms with Gasteiger partial charge in [-0.1, -0.05) is 13.8 Å². The molecule has 0 aromatic rings. The minimum absolute atomic E-state index is 0.186. The molecule has 1 aliphatic heterocycles. The van der Waals surface area contributed by atoms with E-state index in [-0.39, 0.29) is 11.9 Å². The minimum atomic E-state index is -0.604. The molecule has 0 amide bonds. The molecule has 0 aromatic heterocycles. The molecule has 0 atom stereocenters. The lowest BCUT2D eigenvalue weighted by Crippen LogP contribution is -2.53. The molecule has 0 aliphatic carbocycles. The molecule has 0 fully saturated rings. The van der Waals surface area contributed by atoms with E-state index in [0.717, 1.165) is 6.42 Å². The summed E-state index contributed by atoms with van der Waals surface area (Å²) in [7, 11) is 0. The van der Waals surface area contributed by atoms with Crippen LogP contribution >= 0.6 is 0 Å². The average molecular weight is 227 g/mol. The third-order valence-corrected chi connectivity index (χ3v) is 2.24. The van der Waals surface area contributed by atoms with Crippen LogP contribution in [0, 0.1) is 5.92 Å². The second-order valence-corrected chi connectivity index (χ2v) is 4.74. The smallest absolute Gasteiger partial charge is 0.226 e. The fourth-order valence-corrected chi connectivity index (χ4v) is 1.40. The highest BCUT2D eigenvalue weighted by Crippen LogP contribution is 2.20. The molecule has 6 nitrogen and oxygen atoms in total. The molecule has 4 N–H and O–H groups in total. The van der Waals surface area contributed by atoms with E-state index >= 15 is 0 Å². The molecular weight excluding hydrogens is 206 g/mol. The van der Waals surface area contributed by atoms with Crippen molar-refractivity contribution in [2.24, 2.45) is 27.4 Å². The summed E-state index contributed by atoms with van der Waals surface area (Å²) in [5.74, 6) is 1.02. The first kappa shape index (κ1) is 12.8. The lowest BCUT2D eigenvalue weighted by atomic mass is 10.1. The molecule has 1 rings (SSSR count). The van der Waals surface area contributed by atoms with Gasteiger partial charge in [-0.2, -0.15) is 10.1 Å². The van der Waals surface area contributed by atoms with Gasteiger partial charge in [-0.3, -0.25) is 4.84 Å². The third-order valence-electron chi connectivity index (χ3n) is 2.24. The largest absolute Gasteiger partial charge is 0.368 e. The third kappa shape index (κ3) is 3.10. The Hall–Kier alpha value is -1.30. The molecule has 6 heteroatoms. The summed E-state index contributed by atoms with van der Waals surface area (Å²) in [6.45, 7) is 8.61. The molecule has 0 unspecified atom stereocenters. The summed E-state index contributed by atoms with van der Waals surface area (Å²) < 4.78 is 0. The van der Waals surface area contributed by atoms with Gasteiger partial charge in [-0.25, -0.2) is 4.99 Å². The zero-order chi connectivity index (χ0) is 12.3. The molecule has 1 aliphatic rings. The first-order valence-electron chi connectivity index (χ1n) is 5.45. The number of hydrogen-bond acceptors (Lipinski definition) is 6. The zero-order valence-electron chi connectivity index (χ0n) is 10.4. The van der Waals surface area contributed by atoms with Gasteiger partial charge in [0.2, 0.25) is 11.9 Å². The van der Waals surface area contributed by atoms with Crippen LogP contribution in [0.25, 0.3) is 0 Å². The van der Waals surface area contributed by atoms with Crippen molar-refractivity contribution in [1.82, 2.24) is 5.06 Å². The van der Waals surface area contributed by atoms with Gasteiger partial charge >= 0.3 is 0 Å². The van der Waals surface area contributed by atoms with Crippen molar-refractivity contribution in [3.8, 4) is 0 Å². The number of hydroxylamine groups is 2. The summed E-state index contributed by atoms with van der Waals surface area (Å²) in [5.41, 5.74) is 10.7. The molecule has 0 spiro atoms. The fourth-order valence-electron chi connectivity index (χ4n) is 1.40. The Bertz CT molecular complexity index is 308. The van der Waals surface area contributed by atoms with Gasteiger partial charge in [0.1, 0.15) is 0 Å². The van der Waals surface area contributed by atoms with Crippen molar-refractivity contribution in [3.05, 3.63) is 0 Å². The highest BCUT2D eigenvalue weighted by molar-refractivity contribution is 5.95. The lowest BCUT2D eigenvalue weighted by Gasteiger charge is -2.36. The topological polar surface area (TPSA) is 89.2 Å². The maximum atomic E-state index is 5.75. The van der Waals surface area contributed by atoms with E-state index in [0.29, 0.717) is 12.5 Å². The van der Waals surface area contributed by atoms with Crippen LogP contribution in [0.5, 0.6) is 0 Å². The molecule has 0 aromatic carbocycles. The molecule has 0 saturated heterocycles. The summed E-state index contributed by atoms with van der Waals surface area (Å²) in [6.07, 6.45) is 0.957. The number of nitrogens with zero attached hydrogens (tertiary/aromatic N) is 3. The number of hydrogen-bond donors (Lipinski definition) is 2. The number of nitrogens with two attached hydrogens (primary N) is 2. The Morgan fingerprint density at radius 2 is 2.00 bits per heavy atom. The van der Waals surface area contributed by atoms with Gasteiger partial charge in [0.05, 0.1) is 6.61 Å². The monoisotopic (exact) mass is 227 g/mol. The number of rotatable bonds is 4. The van der Waals surface area contributed by atoms with Gasteiger partial charge in [0.15, 0.2) is 5.66 Å². The Morgan fingerprint density at radius 1 is 1.38 bits per heavy atom. The molecule has 92 valence electrons. The highest BCUT2D eigenvalue weighted by Gasteiger charge is 2.32. The predicted molar refractivity (Wildman–Crippen MR) is 64.6 cm³/mol. The van der Waals surface area contributed by atoms with Crippen LogP contribution < -0.4 is 11.5 Å². The molecule has 16 heavy (non-hydrogen) atoms. The quantitative estimate of drug-likeness (QED) is 0.737. The first-order chi connectivity index (χ1) is 7.33. The van der Waals surface area contributed by atoms with Crippen molar-refractivity contribution >= 4 is 11.9 Å². The van der Waals surface area contributed by atoms with Crippen LogP contribution in [0.4, 0.5) is 0 Å². The second-order valence-electron chi connectivity index (χ2n) is 4.74. The standard InChI is InChI=1S/C10H21N5O/c1-7(2)5-6-16-15-9(12)13-8(11)14-10(15,3)4/h7H,5-6H2,1-4H3,(H4,11,12,13,14). The molecule has 0 saturated carbocycles. The van der Waals surface area contributed by atoms with Crippen molar-refractivity contribution in [2.75, 3.05) is 6.61 Å². The Kier molecular flexibility index (Phi) is 3.74. The van der Waals surface area contributed by atoms with E-state index in [4.69, 9.17) is 16.3 Å². The van der Waals surface area contributed by atoms with Crippen LogP contribution in [-0.2, 0) is 4.84 Å². The van der Waals surface area contributed by atoms with Crippen molar-refractivity contribution in [1.29, 1.82) is 0 Å². The normalized spacial score (nSPS) is 19.7. The van der Waals surface area contributed by atoms with Gasteiger partial charge in [0, 0.05) is 0 Å². The Balaban J connectivity index is 2.62. The summed E-state index contributed by atoms with van der Waals surface area (Å²) in [6, 6.07) is 0. The zero-order valence-corrected chi connectivity index (χ0v) is 10.4. The van der Waals surface area contributed by atoms with Crippen molar-refractivity contribution in [2.45, 2.75) is 39.8 Å². The van der Waals surface area contributed by atoms with E-state index in [9.17, 15) is 0 Å². The van der Waals surface area contributed by atoms with Crippen molar-refractivity contribution in [3.63, 3.8) is 0 Å². The van der Waals surface area contributed by atoms with E-state index in [2.05, 4.69) is 23.8 Å². The van der Waals surface area contributed by atoms with E-state index < -0.39 is 5.66 Å². The summed E-state index contributed by atoms with van der Waals surface area (Å²) in [4.78, 5) is 13.6. The number of aliphatic imine (C=N–C) groups is 2. The second kappa shape index (κ2) is 4.69. The van der Waals surface area contributed by atoms with Crippen LogP contribution in [0.2, 0.25) is 0 Å². The van der Waals surface area contributed by atoms with Crippen LogP contribution in [-0.4, -0.2) is 29.3 Å². The van der Waals surface area contributed by atoms with E-state index in [1.54, 1.807) is 0 Å². The molecule has 1 heterocycles. The van der Waals surface area contributed by atoms with E-state index in [1.807, 2.05) is 13.8 Å². The molecule has 0 bridgehead atoms. The summed E-state index contributed by atoms with van der Waals surface area (Å²) >= 11 is 0. The van der Waals surface area contributed by atoms with Crippen LogP contribution in [0.3, 0.4) is 0 Å². The fraction of sp³-hybridized carbons (Fsp3) is 0.800. The average Bonchev–Trinajstić information content (AvgIpc) is 2.07. The van der Waals surface area contributed by atoms with Gasteiger partial charge in [-0.05, 0) is 26.2 Å². The van der Waals surface area contributed by atoms with Crippen LogP contribution in [0.1, 0.15) is 34.1 Å². The van der Waals surface area contributed by atoms with Gasteiger partial charge < -0.3 is 11.5 Å². The van der Waals surface area contributed by atoms with Crippen molar-refractivity contribution < 1.29 is 4.84 Å². The number of guanidine groups is 2. The maximum Gasteiger partial charge on any atom is 0.226 e. The van der Waals surface area contributed by atoms with E-state index in [1.165, 1.54) is 5.06 Å². The summed E-state index contributed by atoms with van der Waals surface area (Å²) in [5, 5.41) is 1.51. The van der Waals surface area contributed by atoms with Crippen LogP contribution in [0.15, 0.2) is 9.98 Å². The Labute approximate surface area is 96.3 Å². The molecular formula is C10H21N5O. The SMILES string of the molecule is CC(C)CCON1C(N)=NC(N)=NC1(C)C. The maximum absolute atomic E-state index is 5.75. The molecule has 0 radical (unpaired) electrons. The predicted octanol–water partition coefficient (Wildman–Crippen LogP) is 0.645. The van der Waals surface area contributed by atoms with Gasteiger partial charge in [0.25, 0.3) is 0 Å². The lowest BCUT2D eigenvalue weighted by molar-refractivity contribution is -0.159. The Morgan fingerprint density at radius 3 is 2.50 bits per heavy atom. The minimum Gasteiger partial charge on any atom is -0.368 e. The highest BCUT2D eigenvalue weighted by atomic mass is 16.7. The van der Waals surface area contributed by atoms with Gasteiger partial charge in [-0.15, -0.1) is 0 Å². The first-order valence-corrected chi connectivity index (χ1v) is 5.45.